The number of hydrogen-bond donors (Lipinski definition) is 3. The van der Waals surface area contributed by atoms with E-state index in [4.69, 9.17) is 0 Å². The van der Waals surface area contributed by atoms with Crippen LogP contribution >= 0.6 is 0 Å². The summed E-state index contributed by atoms with van der Waals surface area (Å²) < 4.78 is 0. The number of para-hydroxylation sites is 3. The van der Waals surface area contributed by atoms with Crippen LogP contribution in [0.2, 0.25) is 0 Å². The lowest BCUT2D eigenvalue weighted by Gasteiger charge is -2.08. The molecule has 9 heteroatoms. The van der Waals surface area contributed by atoms with Gasteiger partial charge < -0.3 is 15.6 Å². The molecular weight excluding hydrogens is 430 g/mol. The van der Waals surface area contributed by atoms with E-state index in [2.05, 4.69) is 31.0 Å². The molecule has 168 valence electrons. The summed E-state index contributed by atoms with van der Waals surface area (Å²) in [6, 6.07) is 24.2. The van der Waals surface area contributed by atoms with Crippen molar-refractivity contribution in [3.63, 3.8) is 0 Å². The number of hydrogen-bond acceptors (Lipinski definition) is 5. The number of amides is 2. The van der Waals surface area contributed by atoms with Gasteiger partial charge in [0, 0.05) is 28.4 Å². The molecule has 0 saturated heterocycles. The fraction of sp³-hybridized carbons (Fsp3) is 0.0800. The third-order valence-electron chi connectivity index (χ3n) is 5.26. The van der Waals surface area contributed by atoms with Gasteiger partial charge in [-0.3, -0.25) is 9.59 Å². The summed E-state index contributed by atoms with van der Waals surface area (Å²) in [5.74, 6) is -0.113. The van der Waals surface area contributed by atoms with E-state index < -0.39 is 0 Å². The lowest BCUT2D eigenvalue weighted by atomic mass is 10.1. The van der Waals surface area contributed by atoms with Gasteiger partial charge in [-0.05, 0) is 41.1 Å². The second-order valence-corrected chi connectivity index (χ2v) is 7.69. The molecule has 9 nitrogen and oxygen atoms in total. The third kappa shape index (κ3) is 4.68. The standard InChI is InChI=1S/C25H21N7O2/c33-23(14-17-15-26-21-12-6-4-10-19(17)21)28-22-13-7-5-11-20(22)25-29-31-32(30-25)16-24(34)27-18-8-2-1-3-9-18/h1-13,15,26H,14,16H2,(H,27,34)(H,28,33). The molecule has 0 saturated carbocycles. The minimum Gasteiger partial charge on any atom is -0.361 e. The highest BCUT2D eigenvalue weighted by molar-refractivity contribution is 5.98. The number of nitrogens with one attached hydrogen (secondary N) is 3. The monoisotopic (exact) mass is 451 g/mol. The molecule has 3 N–H and O–H groups in total. The fourth-order valence-corrected chi connectivity index (χ4v) is 3.70. The number of nitrogens with zero attached hydrogens (tertiary/aromatic N) is 4. The van der Waals surface area contributed by atoms with E-state index in [1.54, 1.807) is 24.3 Å². The predicted molar refractivity (Wildman–Crippen MR) is 129 cm³/mol. The molecule has 2 amide bonds. The number of aromatic nitrogens is 5. The highest BCUT2D eigenvalue weighted by Gasteiger charge is 2.15. The van der Waals surface area contributed by atoms with Crippen molar-refractivity contribution >= 4 is 34.1 Å². The molecule has 5 aromatic rings. The normalized spacial score (nSPS) is 10.8. The average Bonchev–Trinajstić information content (AvgIpc) is 3.47. The van der Waals surface area contributed by atoms with Crippen LogP contribution in [0.1, 0.15) is 5.56 Å². The largest absolute Gasteiger partial charge is 0.361 e. The summed E-state index contributed by atoms with van der Waals surface area (Å²) >= 11 is 0. The van der Waals surface area contributed by atoms with Gasteiger partial charge >= 0.3 is 0 Å². The summed E-state index contributed by atoms with van der Waals surface area (Å²) in [6.45, 7) is -0.0863. The van der Waals surface area contributed by atoms with Crippen LogP contribution < -0.4 is 10.6 Å². The maximum Gasteiger partial charge on any atom is 0.248 e. The number of H-pyrrole nitrogens is 1. The maximum absolute atomic E-state index is 12.8. The van der Waals surface area contributed by atoms with Crippen molar-refractivity contribution in [1.29, 1.82) is 0 Å². The molecule has 0 unspecified atom stereocenters. The summed E-state index contributed by atoms with van der Waals surface area (Å²) in [4.78, 5) is 29.5. The average molecular weight is 451 g/mol. The molecule has 34 heavy (non-hydrogen) atoms. The summed E-state index contributed by atoms with van der Waals surface area (Å²) in [6.07, 6.45) is 2.07. The molecular formula is C25H21N7O2. The van der Waals surface area contributed by atoms with Gasteiger partial charge in [0.25, 0.3) is 0 Å². The van der Waals surface area contributed by atoms with E-state index in [1.165, 1.54) is 4.80 Å². The quantitative estimate of drug-likeness (QED) is 0.349. The number of carbonyl (C=O) groups is 2. The first-order valence-electron chi connectivity index (χ1n) is 10.7. The Morgan fingerprint density at radius 3 is 2.50 bits per heavy atom. The fourth-order valence-electron chi connectivity index (χ4n) is 3.70. The minimum atomic E-state index is -0.268. The number of tetrazole rings is 1. The van der Waals surface area contributed by atoms with Crippen molar-refractivity contribution in [3.05, 3.63) is 90.6 Å². The molecule has 0 radical (unpaired) electrons. The summed E-state index contributed by atoms with van der Waals surface area (Å²) in [5.41, 5.74) is 3.78. The summed E-state index contributed by atoms with van der Waals surface area (Å²) in [7, 11) is 0. The van der Waals surface area contributed by atoms with Crippen LogP contribution in [0.25, 0.3) is 22.3 Å². The van der Waals surface area contributed by atoms with Crippen LogP contribution in [-0.4, -0.2) is 37.0 Å². The van der Waals surface area contributed by atoms with E-state index in [1.807, 2.05) is 60.8 Å². The van der Waals surface area contributed by atoms with Crippen LogP contribution in [0, 0.1) is 0 Å². The van der Waals surface area contributed by atoms with Crippen molar-refractivity contribution in [2.75, 3.05) is 10.6 Å². The zero-order chi connectivity index (χ0) is 23.3. The maximum atomic E-state index is 12.8. The molecule has 0 spiro atoms. The Morgan fingerprint density at radius 2 is 1.62 bits per heavy atom. The Kier molecular flexibility index (Phi) is 5.81. The Balaban J connectivity index is 1.28. The number of benzene rings is 3. The predicted octanol–water partition coefficient (Wildman–Crippen LogP) is 3.64. The van der Waals surface area contributed by atoms with Crippen LogP contribution in [0.15, 0.2) is 85.1 Å². The van der Waals surface area contributed by atoms with Crippen LogP contribution in [0.5, 0.6) is 0 Å². The van der Waals surface area contributed by atoms with Crippen molar-refractivity contribution in [3.8, 4) is 11.4 Å². The Morgan fingerprint density at radius 1 is 0.853 bits per heavy atom. The van der Waals surface area contributed by atoms with E-state index >= 15 is 0 Å². The van der Waals surface area contributed by atoms with Crippen LogP contribution in [0.3, 0.4) is 0 Å². The zero-order valence-electron chi connectivity index (χ0n) is 18.1. The Hall–Kier alpha value is -4.79. The van der Waals surface area contributed by atoms with E-state index in [0.29, 0.717) is 22.8 Å². The first-order chi connectivity index (χ1) is 16.7. The summed E-state index contributed by atoms with van der Waals surface area (Å²) in [5, 5.41) is 19.1. The molecule has 0 aliphatic heterocycles. The van der Waals surface area contributed by atoms with Gasteiger partial charge in [0.2, 0.25) is 17.6 Å². The number of carbonyl (C=O) groups excluding carboxylic acids is 2. The SMILES string of the molecule is O=C(Cn1nnc(-c2ccccc2NC(=O)Cc2c[nH]c3ccccc23)n1)Nc1ccccc1. The zero-order valence-corrected chi connectivity index (χ0v) is 18.1. The highest BCUT2D eigenvalue weighted by atomic mass is 16.2. The number of rotatable bonds is 7. The van der Waals surface area contributed by atoms with Gasteiger partial charge in [-0.25, -0.2) is 0 Å². The smallest absolute Gasteiger partial charge is 0.248 e. The molecule has 2 aromatic heterocycles. The van der Waals surface area contributed by atoms with E-state index in [-0.39, 0.29) is 24.8 Å². The first kappa shape index (κ1) is 21.1. The molecule has 2 heterocycles. The third-order valence-corrected chi connectivity index (χ3v) is 5.26. The van der Waals surface area contributed by atoms with Crippen molar-refractivity contribution in [2.45, 2.75) is 13.0 Å². The minimum absolute atomic E-state index is 0.0863. The topological polar surface area (TPSA) is 118 Å². The van der Waals surface area contributed by atoms with Crippen molar-refractivity contribution in [1.82, 2.24) is 25.2 Å². The highest BCUT2D eigenvalue weighted by Crippen LogP contribution is 2.25. The van der Waals surface area contributed by atoms with Gasteiger partial charge in [0.15, 0.2) is 0 Å². The van der Waals surface area contributed by atoms with Gasteiger partial charge in [0.1, 0.15) is 6.54 Å². The van der Waals surface area contributed by atoms with Gasteiger partial charge in [-0.2, -0.15) is 4.80 Å². The van der Waals surface area contributed by atoms with Gasteiger partial charge in [0.05, 0.1) is 12.1 Å². The lowest BCUT2D eigenvalue weighted by molar-refractivity contribution is -0.117. The Labute approximate surface area is 194 Å². The van der Waals surface area contributed by atoms with E-state index in [9.17, 15) is 9.59 Å². The van der Waals surface area contributed by atoms with Crippen LogP contribution in [0.4, 0.5) is 11.4 Å². The Bertz CT molecular complexity index is 1460. The first-order valence-corrected chi connectivity index (χ1v) is 10.7. The van der Waals surface area contributed by atoms with Gasteiger partial charge in [-0.15, -0.1) is 10.2 Å². The molecule has 0 aliphatic rings. The second kappa shape index (κ2) is 9.37. The number of fused-ring (bicyclic) bond motifs is 1. The number of aromatic amines is 1. The lowest BCUT2D eigenvalue weighted by Crippen LogP contribution is -2.20. The molecule has 0 fully saturated rings. The van der Waals surface area contributed by atoms with Crippen molar-refractivity contribution < 1.29 is 9.59 Å². The second-order valence-electron chi connectivity index (χ2n) is 7.69. The number of anilines is 2. The molecule has 5 rings (SSSR count). The van der Waals surface area contributed by atoms with E-state index in [0.717, 1.165) is 16.5 Å². The van der Waals surface area contributed by atoms with Crippen LogP contribution in [-0.2, 0) is 22.6 Å². The van der Waals surface area contributed by atoms with Gasteiger partial charge in [-0.1, -0.05) is 48.5 Å². The van der Waals surface area contributed by atoms with Crippen molar-refractivity contribution in [2.24, 2.45) is 0 Å². The molecule has 0 bridgehead atoms. The molecule has 3 aromatic carbocycles. The molecule has 0 atom stereocenters. The molecule has 0 aliphatic carbocycles.